The summed E-state index contributed by atoms with van der Waals surface area (Å²) >= 11 is 0. The smallest absolute Gasteiger partial charge is 0.407 e. The third kappa shape index (κ3) is 5.72. The van der Waals surface area contributed by atoms with Crippen LogP contribution in [0.15, 0.2) is 30.3 Å². The standard InChI is InChI=1S/C17H23F2NO4/c18-17(19)8-6-16(7-9-17,24-11-10-21)13-20-15(22)23-12-14-4-2-1-3-5-14/h1-5,21H,6-13H2,(H,20,22). The molecule has 1 aromatic rings. The molecule has 1 aliphatic rings. The number of ether oxygens (including phenoxy) is 2. The average molecular weight is 343 g/mol. The van der Waals surface area contributed by atoms with E-state index in [9.17, 15) is 13.6 Å². The Morgan fingerprint density at radius 1 is 1.17 bits per heavy atom. The normalized spacial score (nSPS) is 18.8. The van der Waals surface area contributed by atoms with Gasteiger partial charge in [-0.2, -0.15) is 0 Å². The number of carbonyl (C=O) groups excluding carboxylic acids is 1. The van der Waals surface area contributed by atoms with Crippen LogP contribution in [0.4, 0.5) is 13.6 Å². The number of aliphatic hydroxyl groups excluding tert-OH is 1. The first-order valence-electron chi connectivity index (χ1n) is 8.02. The fourth-order valence-electron chi connectivity index (χ4n) is 2.71. The van der Waals surface area contributed by atoms with Crippen LogP contribution in [-0.2, 0) is 16.1 Å². The first kappa shape index (κ1) is 18.6. The van der Waals surface area contributed by atoms with Gasteiger partial charge in [-0.05, 0) is 18.4 Å². The van der Waals surface area contributed by atoms with Crippen molar-refractivity contribution in [3.05, 3.63) is 35.9 Å². The van der Waals surface area contributed by atoms with Gasteiger partial charge in [0.15, 0.2) is 0 Å². The fraction of sp³-hybridized carbons (Fsp3) is 0.588. The SMILES string of the molecule is O=C(NCC1(OCCO)CCC(F)(F)CC1)OCc1ccccc1. The van der Waals surface area contributed by atoms with Gasteiger partial charge in [0.2, 0.25) is 5.92 Å². The van der Waals surface area contributed by atoms with Crippen LogP contribution in [0, 0.1) is 0 Å². The molecule has 0 aromatic heterocycles. The summed E-state index contributed by atoms with van der Waals surface area (Å²) in [6.45, 7) is 0.0643. The summed E-state index contributed by atoms with van der Waals surface area (Å²) in [6.07, 6.45) is -0.959. The molecule has 0 spiro atoms. The molecule has 0 atom stereocenters. The van der Waals surface area contributed by atoms with Gasteiger partial charge in [0.1, 0.15) is 6.61 Å². The minimum atomic E-state index is -2.69. The number of carbonyl (C=O) groups is 1. The number of amides is 1. The number of halogens is 2. The quantitative estimate of drug-likeness (QED) is 0.799. The summed E-state index contributed by atoms with van der Waals surface area (Å²) in [5.41, 5.74) is -0.0212. The van der Waals surface area contributed by atoms with Crippen molar-refractivity contribution < 1.29 is 28.2 Å². The van der Waals surface area contributed by atoms with Gasteiger partial charge < -0.3 is 19.9 Å². The number of aliphatic hydroxyl groups is 1. The van der Waals surface area contributed by atoms with Crippen LogP contribution in [0.1, 0.15) is 31.2 Å². The number of nitrogens with one attached hydrogen (secondary N) is 1. The highest BCUT2D eigenvalue weighted by Crippen LogP contribution is 2.40. The van der Waals surface area contributed by atoms with E-state index in [0.29, 0.717) is 0 Å². The summed E-state index contributed by atoms with van der Waals surface area (Å²) in [6, 6.07) is 9.22. The molecule has 0 heterocycles. The van der Waals surface area contributed by atoms with E-state index in [4.69, 9.17) is 14.6 Å². The fourth-order valence-corrected chi connectivity index (χ4v) is 2.71. The molecule has 0 radical (unpaired) electrons. The number of rotatable bonds is 7. The molecule has 1 fully saturated rings. The van der Waals surface area contributed by atoms with Gasteiger partial charge in [0, 0.05) is 19.4 Å². The predicted molar refractivity (Wildman–Crippen MR) is 83.8 cm³/mol. The van der Waals surface area contributed by atoms with E-state index in [1.54, 1.807) is 0 Å². The summed E-state index contributed by atoms with van der Waals surface area (Å²) in [5, 5.41) is 11.5. The lowest BCUT2D eigenvalue weighted by Gasteiger charge is -2.39. The van der Waals surface area contributed by atoms with Crippen molar-refractivity contribution in [3.8, 4) is 0 Å². The lowest BCUT2D eigenvalue weighted by molar-refractivity contribution is -0.134. The van der Waals surface area contributed by atoms with Gasteiger partial charge >= 0.3 is 6.09 Å². The van der Waals surface area contributed by atoms with E-state index in [-0.39, 0.29) is 52.0 Å². The Morgan fingerprint density at radius 2 is 1.83 bits per heavy atom. The molecule has 1 saturated carbocycles. The molecule has 134 valence electrons. The van der Waals surface area contributed by atoms with Gasteiger partial charge in [-0.15, -0.1) is 0 Å². The van der Waals surface area contributed by atoms with E-state index in [1.807, 2.05) is 30.3 Å². The molecule has 1 aromatic carbocycles. The Hall–Kier alpha value is -1.73. The number of benzene rings is 1. The maximum atomic E-state index is 13.4. The van der Waals surface area contributed by atoms with Gasteiger partial charge in [-0.1, -0.05) is 30.3 Å². The molecule has 1 aliphatic carbocycles. The first-order valence-corrected chi connectivity index (χ1v) is 8.02. The number of alkyl carbamates (subject to hydrolysis) is 1. The molecule has 1 amide bonds. The molecule has 5 nitrogen and oxygen atoms in total. The summed E-state index contributed by atoms with van der Waals surface area (Å²) in [4.78, 5) is 11.8. The summed E-state index contributed by atoms with van der Waals surface area (Å²) < 4.78 is 37.4. The lowest BCUT2D eigenvalue weighted by atomic mass is 9.82. The van der Waals surface area contributed by atoms with E-state index in [0.717, 1.165) is 5.56 Å². The van der Waals surface area contributed by atoms with E-state index >= 15 is 0 Å². The largest absolute Gasteiger partial charge is 0.445 e. The van der Waals surface area contributed by atoms with Gasteiger partial charge in [0.25, 0.3) is 0 Å². The Labute approximate surface area is 140 Å². The van der Waals surface area contributed by atoms with Crippen LogP contribution < -0.4 is 5.32 Å². The third-order valence-electron chi connectivity index (χ3n) is 4.16. The second kappa shape index (κ2) is 8.39. The van der Waals surface area contributed by atoms with Crippen LogP contribution in [-0.4, -0.2) is 42.5 Å². The molecule has 2 rings (SSSR count). The number of alkyl halides is 2. The average Bonchev–Trinajstić information content (AvgIpc) is 2.59. The van der Waals surface area contributed by atoms with Crippen LogP contribution >= 0.6 is 0 Å². The van der Waals surface area contributed by atoms with E-state index in [1.165, 1.54) is 0 Å². The molecule has 0 aliphatic heterocycles. The van der Waals surface area contributed by atoms with Crippen LogP contribution in [0.3, 0.4) is 0 Å². The van der Waals surface area contributed by atoms with Crippen molar-refractivity contribution in [2.45, 2.75) is 43.8 Å². The van der Waals surface area contributed by atoms with E-state index < -0.39 is 17.6 Å². The molecule has 0 saturated heterocycles. The zero-order chi connectivity index (χ0) is 17.5. The predicted octanol–water partition coefficient (Wildman–Crippen LogP) is 2.87. The highest BCUT2D eigenvalue weighted by molar-refractivity contribution is 5.67. The Balaban J connectivity index is 1.82. The van der Waals surface area contributed by atoms with Crippen LogP contribution in [0.5, 0.6) is 0 Å². The van der Waals surface area contributed by atoms with E-state index in [2.05, 4.69) is 5.32 Å². The first-order chi connectivity index (χ1) is 11.4. The second-order valence-corrected chi connectivity index (χ2v) is 6.03. The second-order valence-electron chi connectivity index (χ2n) is 6.03. The zero-order valence-electron chi connectivity index (χ0n) is 13.5. The Kier molecular flexibility index (Phi) is 6.51. The minimum Gasteiger partial charge on any atom is -0.445 e. The van der Waals surface area contributed by atoms with Gasteiger partial charge in [0.05, 0.1) is 18.8 Å². The Bertz CT molecular complexity index is 515. The number of hydrogen-bond donors (Lipinski definition) is 2. The molecule has 24 heavy (non-hydrogen) atoms. The Morgan fingerprint density at radius 3 is 2.46 bits per heavy atom. The highest BCUT2D eigenvalue weighted by Gasteiger charge is 2.44. The molecular weight excluding hydrogens is 320 g/mol. The van der Waals surface area contributed by atoms with Crippen molar-refractivity contribution in [2.24, 2.45) is 0 Å². The van der Waals surface area contributed by atoms with Crippen molar-refractivity contribution in [1.29, 1.82) is 0 Å². The highest BCUT2D eigenvalue weighted by atomic mass is 19.3. The van der Waals surface area contributed by atoms with Gasteiger partial charge in [-0.3, -0.25) is 0 Å². The number of hydrogen-bond acceptors (Lipinski definition) is 4. The van der Waals surface area contributed by atoms with Crippen molar-refractivity contribution >= 4 is 6.09 Å². The molecule has 0 bridgehead atoms. The lowest BCUT2D eigenvalue weighted by Crippen LogP contribution is -2.49. The van der Waals surface area contributed by atoms with Crippen molar-refractivity contribution in [2.75, 3.05) is 19.8 Å². The van der Waals surface area contributed by atoms with Crippen molar-refractivity contribution in [1.82, 2.24) is 5.32 Å². The molecule has 2 N–H and O–H groups in total. The molecule has 7 heteroatoms. The monoisotopic (exact) mass is 343 g/mol. The third-order valence-corrected chi connectivity index (χ3v) is 4.16. The zero-order valence-corrected chi connectivity index (χ0v) is 13.5. The summed E-state index contributed by atoms with van der Waals surface area (Å²) in [5.74, 6) is -2.69. The van der Waals surface area contributed by atoms with Crippen molar-refractivity contribution in [3.63, 3.8) is 0 Å². The maximum Gasteiger partial charge on any atom is 0.407 e. The molecule has 0 unspecified atom stereocenters. The topological polar surface area (TPSA) is 67.8 Å². The van der Waals surface area contributed by atoms with Crippen LogP contribution in [0.2, 0.25) is 0 Å². The maximum absolute atomic E-state index is 13.4. The van der Waals surface area contributed by atoms with Crippen LogP contribution in [0.25, 0.3) is 0 Å². The molecular formula is C17H23F2NO4. The van der Waals surface area contributed by atoms with Gasteiger partial charge in [-0.25, -0.2) is 13.6 Å². The summed E-state index contributed by atoms with van der Waals surface area (Å²) in [7, 11) is 0. The minimum absolute atomic E-state index is 0.0479.